The van der Waals surface area contributed by atoms with Gasteiger partial charge >= 0.3 is 0 Å². The van der Waals surface area contributed by atoms with Crippen molar-refractivity contribution in [1.82, 2.24) is 19.7 Å². The second-order valence-corrected chi connectivity index (χ2v) is 9.57. The van der Waals surface area contributed by atoms with Crippen LogP contribution in [0.4, 0.5) is 5.82 Å². The quantitative estimate of drug-likeness (QED) is 0.642. The van der Waals surface area contributed by atoms with Gasteiger partial charge in [0.15, 0.2) is 0 Å². The van der Waals surface area contributed by atoms with E-state index in [4.69, 9.17) is 14.8 Å². The number of allylic oxidation sites excluding steroid dienone is 3. The molecule has 5 rings (SSSR count). The monoisotopic (exact) mass is 433 g/mol. The maximum absolute atomic E-state index is 5.44. The molecular formula is C26H35N5O. The lowest BCUT2D eigenvalue weighted by Crippen LogP contribution is -2.54. The highest BCUT2D eigenvalue weighted by Gasteiger charge is 2.43. The van der Waals surface area contributed by atoms with E-state index in [0.717, 1.165) is 67.5 Å². The molecule has 2 aromatic rings. The Hall–Kier alpha value is -2.44. The highest BCUT2D eigenvalue weighted by molar-refractivity contribution is 5.75. The molecule has 6 heteroatoms. The molecule has 0 aromatic carbocycles. The fourth-order valence-electron chi connectivity index (χ4n) is 5.56. The van der Waals surface area contributed by atoms with E-state index in [1.54, 1.807) is 0 Å². The first-order valence-corrected chi connectivity index (χ1v) is 12.0. The van der Waals surface area contributed by atoms with Crippen molar-refractivity contribution in [3.8, 4) is 5.69 Å². The van der Waals surface area contributed by atoms with Gasteiger partial charge in [0.2, 0.25) is 0 Å². The Balaban J connectivity index is 1.31. The molecule has 0 aliphatic carbocycles. The fraction of sp³-hybridized carbons (Fsp3) is 0.538. The molecule has 3 saturated heterocycles. The number of rotatable bonds is 6. The summed E-state index contributed by atoms with van der Waals surface area (Å²) in [7, 11) is 0. The second-order valence-electron chi connectivity index (χ2n) is 9.57. The number of hydrogen-bond acceptors (Lipinski definition) is 5. The molecule has 3 fully saturated rings. The Bertz CT molecular complexity index is 1000. The number of pyridine rings is 1. The van der Waals surface area contributed by atoms with Crippen LogP contribution in [-0.4, -0.2) is 64.6 Å². The van der Waals surface area contributed by atoms with Gasteiger partial charge in [0, 0.05) is 30.9 Å². The summed E-state index contributed by atoms with van der Waals surface area (Å²) in [6.45, 7) is 15.6. The van der Waals surface area contributed by atoms with E-state index in [2.05, 4.69) is 55.5 Å². The van der Waals surface area contributed by atoms with Gasteiger partial charge in [-0.1, -0.05) is 25.2 Å². The first-order valence-electron chi connectivity index (χ1n) is 12.0. The highest BCUT2D eigenvalue weighted by Crippen LogP contribution is 2.35. The molecule has 6 nitrogen and oxygen atoms in total. The predicted molar refractivity (Wildman–Crippen MR) is 129 cm³/mol. The second kappa shape index (κ2) is 8.83. The van der Waals surface area contributed by atoms with Crippen molar-refractivity contribution in [2.45, 2.75) is 52.1 Å². The van der Waals surface area contributed by atoms with Crippen LogP contribution in [0.25, 0.3) is 11.3 Å². The van der Waals surface area contributed by atoms with E-state index in [1.807, 2.05) is 17.0 Å². The summed E-state index contributed by atoms with van der Waals surface area (Å²) in [6, 6.07) is 5.69. The molecule has 0 radical (unpaired) electrons. The number of anilines is 1. The minimum absolute atomic E-state index is 0.661. The Kier molecular flexibility index (Phi) is 5.91. The number of piperidine rings is 1. The van der Waals surface area contributed by atoms with Crippen molar-refractivity contribution in [3.05, 3.63) is 54.0 Å². The molecule has 0 amide bonds. The Labute approximate surface area is 191 Å². The smallest absolute Gasteiger partial charge is 0.128 e. The van der Waals surface area contributed by atoms with Crippen LogP contribution in [-0.2, 0) is 11.2 Å². The van der Waals surface area contributed by atoms with Crippen LogP contribution in [0.15, 0.2) is 42.8 Å². The van der Waals surface area contributed by atoms with E-state index < -0.39 is 0 Å². The van der Waals surface area contributed by atoms with Crippen molar-refractivity contribution in [1.29, 1.82) is 0 Å². The van der Waals surface area contributed by atoms with Gasteiger partial charge in [-0.05, 0) is 63.3 Å². The third-order valence-corrected chi connectivity index (χ3v) is 7.46. The van der Waals surface area contributed by atoms with Crippen LogP contribution in [0.1, 0.15) is 44.9 Å². The van der Waals surface area contributed by atoms with Gasteiger partial charge in [-0.15, -0.1) is 0 Å². The van der Waals surface area contributed by atoms with Gasteiger partial charge < -0.3 is 9.64 Å². The summed E-state index contributed by atoms with van der Waals surface area (Å²) in [6.07, 6.45) is 9.45. The fourth-order valence-corrected chi connectivity index (χ4v) is 5.56. The number of likely N-dealkylation sites (tertiary alicyclic amines) is 1. The third kappa shape index (κ3) is 3.80. The molecular weight excluding hydrogens is 398 g/mol. The molecule has 3 aliphatic rings. The zero-order valence-electron chi connectivity index (χ0n) is 19.6. The minimum atomic E-state index is 0.661. The molecule has 0 N–H and O–H groups in total. The summed E-state index contributed by atoms with van der Waals surface area (Å²) in [5, 5.41) is 4.89. The maximum atomic E-state index is 5.44. The van der Waals surface area contributed by atoms with Crippen LogP contribution in [0.3, 0.4) is 0 Å². The van der Waals surface area contributed by atoms with Gasteiger partial charge in [0.1, 0.15) is 5.82 Å². The highest BCUT2D eigenvalue weighted by atomic mass is 16.5. The molecule has 0 saturated carbocycles. The van der Waals surface area contributed by atoms with Crippen LogP contribution in [0, 0.1) is 5.92 Å². The SMILES string of the molecule is C=CC(=C(C)C)c1nn(-c2ccc(N3CCC4C(CCN4C4COC4)C3)nc2)cc1CC. The number of ether oxygens (including phenoxy) is 1. The van der Waals surface area contributed by atoms with E-state index in [9.17, 15) is 0 Å². The Morgan fingerprint density at radius 3 is 2.69 bits per heavy atom. The summed E-state index contributed by atoms with van der Waals surface area (Å²) in [5.41, 5.74) is 5.60. The van der Waals surface area contributed by atoms with Crippen LogP contribution in [0.5, 0.6) is 0 Å². The summed E-state index contributed by atoms with van der Waals surface area (Å²) >= 11 is 0. The lowest BCUT2D eigenvalue weighted by Gasteiger charge is -2.43. The number of aryl methyl sites for hydroxylation is 1. The summed E-state index contributed by atoms with van der Waals surface area (Å²) in [5.74, 6) is 1.82. The van der Waals surface area contributed by atoms with Crippen molar-refractivity contribution < 1.29 is 4.74 Å². The van der Waals surface area contributed by atoms with Crippen LogP contribution < -0.4 is 4.90 Å². The molecule has 170 valence electrons. The zero-order chi connectivity index (χ0) is 22.2. The Morgan fingerprint density at radius 1 is 1.22 bits per heavy atom. The number of nitrogens with zero attached hydrogens (tertiary/aromatic N) is 5. The molecule has 2 atom stereocenters. The van der Waals surface area contributed by atoms with Gasteiger partial charge in [-0.25, -0.2) is 9.67 Å². The number of fused-ring (bicyclic) bond motifs is 1. The summed E-state index contributed by atoms with van der Waals surface area (Å²) < 4.78 is 7.39. The van der Waals surface area contributed by atoms with Gasteiger partial charge in [-0.3, -0.25) is 4.90 Å². The maximum Gasteiger partial charge on any atom is 0.128 e. The van der Waals surface area contributed by atoms with Crippen LogP contribution >= 0.6 is 0 Å². The standard InChI is InChI=1S/C26H35N5O/c1-5-19-15-31(28-26(19)23(6-2)18(3)4)21-7-8-25(27-13-21)29-11-10-24-20(14-29)9-12-30(24)22-16-32-17-22/h6-8,13,15,20,22,24H,2,5,9-12,14,16-17H2,1,3-4H3. The molecule has 0 bridgehead atoms. The average molecular weight is 434 g/mol. The van der Waals surface area contributed by atoms with Crippen molar-refractivity contribution in [3.63, 3.8) is 0 Å². The van der Waals surface area contributed by atoms with Crippen molar-refractivity contribution in [2.75, 3.05) is 37.7 Å². The average Bonchev–Trinajstić information content (AvgIpc) is 3.37. The molecule has 0 spiro atoms. The molecule has 32 heavy (non-hydrogen) atoms. The number of aromatic nitrogens is 3. The van der Waals surface area contributed by atoms with E-state index in [0.29, 0.717) is 6.04 Å². The molecule has 3 aliphatic heterocycles. The van der Waals surface area contributed by atoms with Crippen molar-refractivity contribution >= 4 is 11.4 Å². The first kappa shape index (κ1) is 21.4. The Morgan fingerprint density at radius 2 is 2.06 bits per heavy atom. The van der Waals surface area contributed by atoms with Crippen LogP contribution in [0.2, 0.25) is 0 Å². The summed E-state index contributed by atoms with van der Waals surface area (Å²) in [4.78, 5) is 10.0. The lowest BCUT2D eigenvalue weighted by molar-refractivity contribution is -0.0732. The normalized spacial score (nSPS) is 23.7. The first-order chi connectivity index (χ1) is 15.6. The molecule has 2 aromatic heterocycles. The van der Waals surface area contributed by atoms with E-state index in [-0.39, 0.29) is 0 Å². The zero-order valence-corrected chi connectivity index (χ0v) is 19.6. The molecule has 2 unspecified atom stereocenters. The number of hydrogen-bond donors (Lipinski definition) is 0. The molecule has 5 heterocycles. The van der Waals surface area contributed by atoms with Gasteiger partial charge in [-0.2, -0.15) is 5.10 Å². The van der Waals surface area contributed by atoms with Gasteiger partial charge in [0.05, 0.1) is 36.8 Å². The predicted octanol–water partition coefficient (Wildman–Crippen LogP) is 4.11. The lowest BCUT2D eigenvalue weighted by atomic mass is 9.92. The van der Waals surface area contributed by atoms with E-state index >= 15 is 0 Å². The van der Waals surface area contributed by atoms with Crippen molar-refractivity contribution in [2.24, 2.45) is 5.92 Å². The van der Waals surface area contributed by atoms with E-state index in [1.165, 1.54) is 30.5 Å². The topological polar surface area (TPSA) is 46.4 Å². The van der Waals surface area contributed by atoms with Gasteiger partial charge in [0.25, 0.3) is 0 Å². The minimum Gasteiger partial charge on any atom is -0.378 e. The largest absolute Gasteiger partial charge is 0.378 e. The third-order valence-electron chi connectivity index (χ3n) is 7.46.